The minimum absolute atomic E-state index is 0.458. The summed E-state index contributed by atoms with van der Waals surface area (Å²) in [6.07, 6.45) is -3.65. The minimum atomic E-state index is -4.66. The van der Waals surface area contributed by atoms with E-state index in [0.717, 1.165) is 22.5 Å². The van der Waals surface area contributed by atoms with E-state index in [1.807, 2.05) is 0 Å². The molecule has 0 aliphatic heterocycles. The first-order valence-corrected chi connectivity index (χ1v) is 7.47. The molecule has 116 valence electrons. The Labute approximate surface area is 119 Å². The highest BCUT2D eigenvalue weighted by Crippen LogP contribution is 2.34. The van der Waals surface area contributed by atoms with Crippen LogP contribution in [-0.4, -0.2) is 36.4 Å². The maximum atomic E-state index is 12.6. The van der Waals surface area contributed by atoms with Crippen LogP contribution in [0.15, 0.2) is 29.2 Å². The van der Waals surface area contributed by atoms with Gasteiger partial charge in [-0.2, -0.15) is 17.5 Å². The fourth-order valence-corrected chi connectivity index (χ4v) is 3.56. The number of sulfonamides is 1. The summed E-state index contributed by atoms with van der Waals surface area (Å²) in [5.41, 5.74) is -1.09. The molecule has 0 heterocycles. The molecule has 0 saturated heterocycles. The third-order valence-electron chi connectivity index (χ3n) is 3.01. The van der Waals surface area contributed by atoms with Gasteiger partial charge in [-0.3, -0.25) is 4.79 Å². The van der Waals surface area contributed by atoms with Crippen LogP contribution in [0, 0.1) is 0 Å². The summed E-state index contributed by atoms with van der Waals surface area (Å²) in [4.78, 5) is 10.2. The third kappa shape index (κ3) is 3.53. The van der Waals surface area contributed by atoms with E-state index in [9.17, 15) is 26.4 Å². The predicted octanol–water partition coefficient (Wildman–Crippen LogP) is 1.94. The van der Waals surface area contributed by atoms with Gasteiger partial charge in [-0.15, -0.1) is 0 Å². The van der Waals surface area contributed by atoms with Crippen molar-refractivity contribution in [3.8, 4) is 0 Å². The summed E-state index contributed by atoms with van der Waals surface area (Å²) >= 11 is 0. The first-order chi connectivity index (χ1) is 9.62. The molecule has 1 N–H and O–H groups in total. The summed E-state index contributed by atoms with van der Waals surface area (Å²) < 4.78 is 63.3. The Bertz CT molecular complexity index is 653. The molecule has 0 radical (unpaired) electrons. The van der Waals surface area contributed by atoms with Gasteiger partial charge >= 0.3 is 12.1 Å². The molecule has 1 aromatic carbocycles. The standard InChI is InChI=1S/C12H12F3NO4S/c13-12(14,15)8-2-1-3-10(6-8)21(19,20)16(7-11(17)18)9-4-5-9/h1-3,6,9H,4-5,7H2,(H,17,18). The van der Waals surface area contributed by atoms with E-state index < -0.39 is 45.2 Å². The lowest BCUT2D eigenvalue weighted by Gasteiger charge is -2.20. The maximum Gasteiger partial charge on any atom is 0.416 e. The van der Waals surface area contributed by atoms with E-state index in [0.29, 0.717) is 18.9 Å². The van der Waals surface area contributed by atoms with E-state index in [1.54, 1.807) is 0 Å². The van der Waals surface area contributed by atoms with Gasteiger partial charge in [-0.1, -0.05) is 6.07 Å². The number of nitrogens with zero attached hydrogens (tertiary/aromatic N) is 1. The first kappa shape index (κ1) is 15.8. The fraction of sp³-hybridized carbons (Fsp3) is 0.417. The highest BCUT2D eigenvalue weighted by atomic mass is 32.2. The van der Waals surface area contributed by atoms with Crippen molar-refractivity contribution in [3.05, 3.63) is 29.8 Å². The predicted molar refractivity (Wildman–Crippen MR) is 66.0 cm³/mol. The fourth-order valence-electron chi connectivity index (χ4n) is 1.87. The zero-order chi connectivity index (χ0) is 15.8. The van der Waals surface area contributed by atoms with Crippen LogP contribution in [0.5, 0.6) is 0 Å². The van der Waals surface area contributed by atoms with E-state index in [-0.39, 0.29) is 0 Å². The topological polar surface area (TPSA) is 74.7 Å². The average Bonchev–Trinajstić information content (AvgIpc) is 3.19. The Morgan fingerprint density at radius 3 is 2.43 bits per heavy atom. The molecule has 1 aliphatic rings. The Hall–Kier alpha value is -1.61. The van der Waals surface area contributed by atoms with Gasteiger partial charge in [0.15, 0.2) is 0 Å². The largest absolute Gasteiger partial charge is 0.480 e. The van der Waals surface area contributed by atoms with Gasteiger partial charge in [-0.25, -0.2) is 8.42 Å². The molecule has 9 heteroatoms. The van der Waals surface area contributed by atoms with Gasteiger partial charge in [0.05, 0.1) is 10.5 Å². The molecule has 0 aromatic heterocycles. The Morgan fingerprint density at radius 2 is 1.95 bits per heavy atom. The van der Waals surface area contributed by atoms with Crippen molar-refractivity contribution in [1.82, 2.24) is 4.31 Å². The zero-order valence-corrected chi connectivity index (χ0v) is 11.5. The monoisotopic (exact) mass is 323 g/mol. The average molecular weight is 323 g/mol. The lowest BCUT2D eigenvalue weighted by Crippen LogP contribution is -2.37. The molecule has 1 aliphatic carbocycles. The van der Waals surface area contributed by atoms with Crippen molar-refractivity contribution in [1.29, 1.82) is 0 Å². The Kier molecular flexibility index (Phi) is 3.98. The van der Waals surface area contributed by atoms with Gasteiger partial charge in [0, 0.05) is 6.04 Å². The highest BCUT2D eigenvalue weighted by Gasteiger charge is 2.40. The van der Waals surface area contributed by atoms with E-state index >= 15 is 0 Å². The van der Waals surface area contributed by atoms with Crippen molar-refractivity contribution in [2.45, 2.75) is 30.0 Å². The molecule has 0 atom stereocenters. The summed E-state index contributed by atoms with van der Waals surface area (Å²) in [6, 6.07) is 2.84. The number of hydrogen-bond acceptors (Lipinski definition) is 3. The molecule has 1 aromatic rings. The van der Waals surface area contributed by atoms with Crippen LogP contribution in [-0.2, 0) is 21.0 Å². The highest BCUT2D eigenvalue weighted by molar-refractivity contribution is 7.89. The number of rotatable bonds is 5. The van der Waals surface area contributed by atoms with Gasteiger partial charge in [0.2, 0.25) is 10.0 Å². The maximum absolute atomic E-state index is 12.6. The first-order valence-electron chi connectivity index (χ1n) is 6.03. The number of hydrogen-bond donors (Lipinski definition) is 1. The number of carboxylic acid groups (broad SMARTS) is 1. The smallest absolute Gasteiger partial charge is 0.416 e. The number of carbonyl (C=O) groups is 1. The van der Waals surface area contributed by atoms with Gasteiger partial charge in [-0.05, 0) is 31.0 Å². The molecule has 0 bridgehead atoms. The minimum Gasteiger partial charge on any atom is -0.480 e. The van der Waals surface area contributed by atoms with Crippen LogP contribution in [0.1, 0.15) is 18.4 Å². The molecule has 0 amide bonds. The summed E-state index contributed by atoms with van der Waals surface area (Å²) in [7, 11) is -4.26. The molecule has 0 unspecified atom stereocenters. The second-order valence-corrected chi connectivity index (χ2v) is 6.59. The van der Waals surface area contributed by atoms with Crippen LogP contribution in [0.4, 0.5) is 13.2 Å². The summed E-state index contributed by atoms with van der Waals surface area (Å²) in [5, 5.41) is 8.77. The SMILES string of the molecule is O=C(O)CN(C1CC1)S(=O)(=O)c1cccc(C(F)(F)F)c1. The second kappa shape index (κ2) is 5.30. The van der Waals surface area contributed by atoms with Gasteiger partial charge in [0.1, 0.15) is 6.54 Å². The van der Waals surface area contributed by atoms with Gasteiger partial charge in [0.25, 0.3) is 0 Å². The van der Waals surface area contributed by atoms with Crippen LogP contribution >= 0.6 is 0 Å². The van der Waals surface area contributed by atoms with Crippen molar-refractivity contribution in [2.75, 3.05) is 6.54 Å². The Balaban J connectivity index is 2.40. The molecular weight excluding hydrogens is 311 g/mol. The molecule has 2 rings (SSSR count). The van der Waals surface area contributed by atoms with E-state index in [1.165, 1.54) is 0 Å². The number of carboxylic acids is 1. The van der Waals surface area contributed by atoms with Crippen molar-refractivity contribution in [3.63, 3.8) is 0 Å². The van der Waals surface area contributed by atoms with E-state index in [4.69, 9.17) is 5.11 Å². The van der Waals surface area contributed by atoms with Crippen molar-refractivity contribution in [2.24, 2.45) is 0 Å². The molecule has 21 heavy (non-hydrogen) atoms. The lowest BCUT2D eigenvalue weighted by molar-refractivity contribution is -0.138. The third-order valence-corrected chi connectivity index (χ3v) is 4.91. The normalized spacial score (nSPS) is 16.2. The quantitative estimate of drug-likeness (QED) is 0.898. The summed E-state index contributed by atoms with van der Waals surface area (Å²) in [5.74, 6) is -1.35. The molecule has 1 fully saturated rings. The number of halogens is 3. The lowest BCUT2D eigenvalue weighted by atomic mass is 10.2. The zero-order valence-electron chi connectivity index (χ0n) is 10.7. The number of aliphatic carboxylic acids is 1. The second-order valence-electron chi connectivity index (χ2n) is 4.70. The summed E-state index contributed by atoms with van der Waals surface area (Å²) in [6.45, 7) is -0.761. The molecule has 1 saturated carbocycles. The molecule has 0 spiro atoms. The van der Waals surface area contributed by atoms with Crippen LogP contribution in [0.3, 0.4) is 0 Å². The molecular formula is C12H12F3NO4S. The van der Waals surface area contributed by atoms with Crippen molar-refractivity contribution < 1.29 is 31.5 Å². The molecule has 5 nitrogen and oxygen atoms in total. The van der Waals surface area contributed by atoms with Crippen LogP contribution < -0.4 is 0 Å². The number of benzene rings is 1. The van der Waals surface area contributed by atoms with Crippen LogP contribution in [0.25, 0.3) is 0 Å². The van der Waals surface area contributed by atoms with E-state index in [2.05, 4.69) is 0 Å². The number of alkyl halides is 3. The van der Waals surface area contributed by atoms with Crippen molar-refractivity contribution >= 4 is 16.0 Å². The Morgan fingerprint density at radius 1 is 1.33 bits per heavy atom. The van der Waals surface area contributed by atoms with Crippen LogP contribution in [0.2, 0.25) is 0 Å². The van der Waals surface area contributed by atoms with Gasteiger partial charge < -0.3 is 5.11 Å².